The van der Waals surface area contributed by atoms with E-state index < -0.39 is 11.4 Å². The van der Waals surface area contributed by atoms with Crippen LogP contribution in [0.15, 0.2) is 12.1 Å². The van der Waals surface area contributed by atoms with Crippen LogP contribution in [0.25, 0.3) is 0 Å². The van der Waals surface area contributed by atoms with E-state index in [-0.39, 0.29) is 0 Å². The third-order valence-electron chi connectivity index (χ3n) is 4.63. The zero-order chi connectivity index (χ0) is 14.4. The molecule has 0 amide bonds. The Hall–Kier alpha value is -0.610. The Kier molecular flexibility index (Phi) is 3.57. The van der Waals surface area contributed by atoms with Gasteiger partial charge in [-0.3, -0.25) is 0 Å². The molecule has 3 nitrogen and oxygen atoms in total. The monoisotopic (exact) mass is 296 g/mol. The molecule has 0 radical (unpaired) electrons. The molecule has 1 spiro atoms. The first-order chi connectivity index (χ1) is 9.44. The highest BCUT2D eigenvalue weighted by Gasteiger charge is 2.46. The van der Waals surface area contributed by atoms with Crippen molar-refractivity contribution in [3.63, 3.8) is 0 Å². The summed E-state index contributed by atoms with van der Waals surface area (Å²) in [6.45, 7) is 5.29. The Morgan fingerprint density at radius 2 is 1.50 bits per heavy atom. The van der Waals surface area contributed by atoms with Crippen LogP contribution < -0.4 is 0 Å². The van der Waals surface area contributed by atoms with Crippen LogP contribution >= 0.6 is 11.6 Å². The largest absolute Gasteiger partial charge is 0.385 e. The highest BCUT2D eigenvalue weighted by atomic mass is 35.5. The maximum absolute atomic E-state index is 11.0. The summed E-state index contributed by atoms with van der Waals surface area (Å²) in [4.78, 5) is 0. The Bertz CT molecular complexity index is 487. The van der Waals surface area contributed by atoms with Crippen molar-refractivity contribution in [2.75, 3.05) is 13.2 Å². The van der Waals surface area contributed by atoms with Crippen molar-refractivity contribution in [2.45, 2.75) is 50.9 Å². The van der Waals surface area contributed by atoms with Crippen molar-refractivity contribution in [2.24, 2.45) is 0 Å². The van der Waals surface area contributed by atoms with Crippen LogP contribution in [-0.2, 0) is 15.1 Å². The average molecular weight is 297 g/mol. The SMILES string of the molecule is Cc1cc(C2(O)CCC3(CC2)OCCO3)cc(C)c1Cl. The molecular formula is C16H21ClO3. The number of hydrogen-bond acceptors (Lipinski definition) is 3. The van der Waals surface area contributed by atoms with E-state index in [0.717, 1.165) is 34.6 Å². The minimum atomic E-state index is -0.791. The zero-order valence-corrected chi connectivity index (χ0v) is 12.8. The molecule has 0 aromatic heterocycles. The van der Waals surface area contributed by atoms with E-state index >= 15 is 0 Å². The van der Waals surface area contributed by atoms with Gasteiger partial charge in [-0.05, 0) is 43.4 Å². The first kappa shape index (κ1) is 14.3. The molecule has 1 aromatic carbocycles. The van der Waals surface area contributed by atoms with E-state index in [1.165, 1.54) is 0 Å². The molecule has 110 valence electrons. The summed E-state index contributed by atoms with van der Waals surface area (Å²) in [6, 6.07) is 4.01. The fourth-order valence-corrected chi connectivity index (χ4v) is 3.44. The smallest absolute Gasteiger partial charge is 0.168 e. The predicted octanol–water partition coefficient (Wildman–Crippen LogP) is 3.46. The van der Waals surface area contributed by atoms with Gasteiger partial charge in [-0.25, -0.2) is 0 Å². The van der Waals surface area contributed by atoms with Gasteiger partial charge >= 0.3 is 0 Å². The lowest BCUT2D eigenvalue weighted by Gasteiger charge is -2.41. The van der Waals surface area contributed by atoms with E-state index in [2.05, 4.69) is 0 Å². The fraction of sp³-hybridized carbons (Fsp3) is 0.625. The second-order valence-electron chi connectivity index (χ2n) is 6.06. The van der Waals surface area contributed by atoms with Crippen LogP contribution in [0, 0.1) is 13.8 Å². The Morgan fingerprint density at radius 3 is 2.00 bits per heavy atom. The molecule has 4 heteroatoms. The zero-order valence-electron chi connectivity index (χ0n) is 12.0. The highest BCUT2D eigenvalue weighted by Crippen LogP contribution is 2.45. The van der Waals surface area contributed by atoms with Gasteiger partial charge in [0.05, 0.1) is 18.8 Å². The summed E-state index contributed by atoms with van der Waals surface area (Å²) in [5.74, 6) is -0.442. The molecule has 2 fully saturated rings. The number of halogens is 1. The van der Waals surface area contributed by atoms with Crippen molar-refractivity contribution < 1.29 is 14.6 Å². The molecule has 0 atom stereocenters. The number of aryl methyl sites for hydroxylation is 2. The predicted molar refractivity (Wildman–Crippen MR) is 77.9 cm³/mol. The third-order valence-corrected chi connectivity index (χ3v) is 5.22. The topological polar surface area (TPSA) is 38.7 Å². The summed E-state index contributed by atoms with van der Waals surface area (Å²) in [6.07, 6.45) is 2.80. The highest BCUT2D eigenvalue weighted by molar-refractivity contribution is 6.32. The standard InChI is InChI=1S/C16H21ClO3/c1-11-9-13(10-12(2)14(11)17)15(18)3-5-16(6-4-15)19-7-8-20-16/h9-10,18H,3-8H2,1-2H3. The first-order valence-corrected chi connectivity index (χ1v) is 7.60. The van der Waals surface area contributed by atoms with Crippen molar-refractivity contribution in [3.05, 3.63) is 33.8 Å². The number of ether oxygens (including phenoxy) is 2. The molecule has 0 unspecified atom stereocenters. The number of hydrogen-bond donors (Lipinski definition) is 1. The number of rotatable bonds is 1. The molecule has 20 heavy (non-hydrogen) atoms. The van der Waals surface area contributed by atoms with E-state index in [1.807, 2.05) is 26.0 Å². The summed E-state index contributed by atoms with van der Waals surface area (Å²) in [5, 5.41) is 11.8. The van der Waals surface area contributed by atoms with Crippen LogP contribution in [-0.4, -0.2) is 24.1 Å². The Morgan fingerprint density at radius 1 is 1.00 bits per heavy atom. The summed E-state index contributed by atoms with van der Waals surface area (Å²) in [7, 11) is 0. The van der Waals surface area contributed by atoms with E-state index in [0.29, 0.717) is 26.1 Å². The molecule has 3 rings (SSSR count). The van der Waals surface area contributed by atoms with Gasteiger partial charge in [0.25, 0.3) is 0 Å². The van der Waals surface area contributed by atoms with E-state index in [4.69, 9.17) is 21.1 Å². The minimum Gasteiger partial charge on any atom is -0.385 e. The van der Waals surface area contributed by atoms with Gasteiger partial charge < -0.3 is 14.6 Å². The lowest BCUT2D eigenvalue weighted by atomic mass is 9.76. The summed E-state index contributed by atoms with van der Waals surface area (Å²) < 4.78 is 11.4. The van der Waals surface area contributed by atoms with Crippen molar-refractivity contribution in [1.29, 1.82) is 0 Å². The van der Waals surface area contributed by atoms with Gasteiger partial charge in [-0.15, -0.1) is 0 Å². The minimum absolute atomic E-state index is 0.442. The van der Waals surface area contributed by atoms with Gasteiger partial charge in [0.15, 0.2) is 5.79 Å². The average Bonchev–Trinajstić information content (AvgIpc) is 2.88. The van der Waals surface area contributed by atoms with E-state index in [1.54, 1.807) is 0 Å². The second-order valence-corrected chi connectivity index (χ2v) is 6.44. The molecule has 1 aromatic rings. The molecular weight excluding hydrogens is 276 g/mol. The van der Waals surface area contributed by atoms with E-state index in [9.17, 15) is 5.11 Å². The fourth-order valence-electron chi connectivity index (χ4n) is 3.33. The van der Waals surface area contributed by atoms with Crippen LogP contribution in [0.1, 0.15) is 42.4 Å². The third kappa shape index (κ3) is 2.37. The molecule has 0 bridgehead atoms. The summed E-state index contributed by atoms with van der Waals surface area (Å²) in [5.41, 5.74) is 2.21. The van der Waals surface area contributed by atoms with Gasteiger partial charge in [-0.2, -0.15) is 0 Å². The molecule has 1 aliphatic heterocycles. The molecule has 2 aliphatic rings. The maximum atomic E-state index is 11.0. The second kappa shape index (κ2) is 4.99. The summed E-state index contributed by atoms with van der Waals surface area (Å²) >= 11 is 6.21. The van der Waals surface area contributed by atoms with Crippen molar-refractivity contribution in [3.8, 4) is 0 Å². The van der Waals surface area contributed by atoms with Gasteiger partial charge in [0.1, 0.15) is 0 Å². The van der Waals surface area contributed by atoms with Gasteiger partial charge in [0, 0.05) is 17.9 Å². The van der Waals surface area contributed by atoms with Crippen LogP contribution in [0.3, 0.4) is 0 Å². The van der Waals surface area contributed by atoms with Crippen LogP contribution in [0.4, 0.5) is 0 Å². The number of aliphatic hydroxyl groups is 1. The lowest BCUT2D eigenvalue weighted by molar-refractivity contribution is -0.204. The van der Waals surface area contributed by atoms with Gasteiger partial charge in [-0.1, -0.05) is 23.7 Å². The van der Waals surface area contributed by atoms with Gasteiger partial charge in [0.2, 0.25) is 0 Å². The van der Waals surface area contributed by atoms with Crippen molar-refractivity contribution >= 4 is 11.6 Å². The molecule has 1 saturated heterocycles. The van der Waals surface area contributed by atoms with Crippen LogP contribution in [0.2, 0.25) is 5.02 Å². The molecule has 1 aliphatic carbocycles. The number of benzene rings is 1. The quantitative estimate of drug-likeness (QED) is 0.862. The Balaban J connectivity index is 1.83. The normalized spacial score (nSPS) is 24.2. The molecule has 1 N–H and O–H groups in total. The molecule has 1 heterocycles. The first-order valence-electron chi connectivity index (χ1n) is 7.22. The van der Waals surface area contributed by atoms with Crippen LogP contribution in [0.5, 0.6) is 0 Å². The van der Waals surface area contributed by atoms with Crippen molar-refractivity contribution in [1.82, 2.24) is 0 Å². The lowest BCUT2D eigenvalue weighted by Crippen LogP contribution is -2.42. The Labute approximate surface area is 124 Å². The maximum Gasteiger partial charge on any atom is 0.168 e. The molecule has 1 saturated carbocycles.